The van der Waals surface area contributed by atoms with E-state index in [0.29, 0.717) is 0 Å². The first kappa shape index (κ1) is 40.3. The van der Waals surface area contributed by atoms with Crippen LogP contribution < -0.4 is 4.90 Å². The normalized spacial score (nSPS) is 11.5. The first-order chi connectivity index (χ1) is 34.2. The number of hydrogen-bond donors (Lipinski definition) is 0. The van der Waals surface area contributed by atoms with Gasteiger partial charge in [0, 0.05) is 17.1 Å². The van der Waals surface area contributed by atoms with Gasteiger partial charge < -0.3 is 4.90 Å². The van der Waals surface area contributed by atoms with E-state index >= 15 is 0 Å². The lowest BCUT2D eigenvalue weighted by Crippen LogP contribution is -2.10. The molecular formula is C68H45N. The largest absolute Gasteiger partial charge is 0.310 e. The van der Waals surface area contributed by atoms with E-state index in [2.05, 4.69) is 278 Å². The fourth-order valence-corrected chi connectivity index (χ4v) is 10.9. The minimum atomic E-state index is 1.08. The molecule has 0 aliphatic heterocycles. The first-order valence-electron chi connectivity index (χ1n) is 23.8. The molecular weight excluding hydrogens is 831 g/mol. The molecule has 1 heteroatoms. The van der Waals surface area contributed by atoms with Gasteiger partial charge in [-0.2, -0.15) is 0 Å². The van der Waals surface area contributed by atoms with E-state index in [-0.39, 0.29) is 0 Å². The minimum absolute atomic E-state index is 1.08. The van der Waals surface area contributed by atoms with Gasteiger partial charge >= 0.3 is 0 Å². The van der Waals surface area contributed by atoms with Gasteiger partial charge in [-0.1, -0.05) is 231 Å². The van der Waals surface area contributed by atoms with E-state index in [1.165, 1.54) is 109 Å². The lowest BCUT2D eigenvalue weighted by Gasteiger charge is -2.28. The summed E-state index contributed by atoms with van der Waals surface area (Å²) < 4.78 is 0. The standard InChI is InChI=1S/C68H45N/c1-4-20-48(21-5-1)63-45-64(49-22-6-2-7-23-49)67-61-37-15-14-36-60(61)65-44-55(40-41-62(65)68(67)66(63)50-26-8-3-9-27-50)69(53-32-16-30-51(42-53)58-38-18-28-46-24-10-12-34-56(46)58)54-33-17-31-52(43-54)59-39-19-29-47-25-11-13-35-57(47)59/h1-45H. The maximum atomic E-state index is 2.45. The van der Waals surface area contributed by atoms with Crippen LogP contribution >= 0.6 is 0 Å². The molecule has 0 fully saturated rings. The van der Waals surface area contributed by atoms with Crippen molar-refractivity contribution >= 4 is 70.9 Å². The molecule has 0 unspecified atom stereocenters. The topological polar surface area (TPSA) is 3.24 Å². The van der Waals surface area contributed by atoms with Crippen LogP contribution in [0.4, 0.5) is 17.1 Å². The van der Waals surface area contributed by atoms with Crippen LogP contribution in [0.1, 0.15) is 0 Å². The zero-order valence-electron chi connectivity index (χ0n) is 37.9. The van der Waals surface area contributed by atoms with Crippen molar-refractivity contribution < 1.29 is 0 Å². The molecule has 0 N–H and O–H groups in total. The Balaban J connectivity index is 1.11. The van der Waals surface area contributed by atoms with Gasteiger partial charge in [0.1, 0.15) is 0 Å². The highest BCUT2D eigenvalue weighted by Gasteiger charge is 2.23. The summed E-state index contributed by atoms with van der Waals surface area (Å²) in [6, 6.07) is 100. The van der Waals surface area contributed by atoms with Gasteiger partial charge in [0.15, 0.2) is 0 Å². The molecule has 0 spiro atoms. The van der Waals surface area contributed by atoms with Crippen LogP contribution in [0.5, 0.6) is 0 Å². The Morgan fingerprint density at radius 2 is 0.623 bits per heavy atom. The van der Waals surface area contributed by atoms with Crippen LogP contribution in [0.15, 0.2) is 273 Å². The third-order valence-corrected chi connectivity index (χ3v) is 14.0. The van der Waals surface area contributed by atoms with E-state index in [4.69, 9.17) is 0 Å². The highest BCUT2D eigenvalue weighted by Crippen LogP contribution is 2.50. The van der Waals surface area contributed by atoms with Crippen molar-refractivity contribution in [1.82, 2.24) is 0 Å². The van der Waals surface area contributed by atoms with Gasteiger partial charge in [0.2, 0.25) is 0 Å². The van der Waals surface area contributed by atoms with E-state index < -0.39 is 0 Å². The van der Waals surface area contributed by atoms with Crippen molar-refractivity contribution in [3.05, 3.63) is 273 Å². The zero-order valence-corrected chi connectivity index (χ0v) is 37.9. The zero-order chi connectivity index (χ0) is 45.7. The molecule has 0 aliphatic rings. The average molecular weight is 876 g/mol. The number of anilines is 3. The quantitative estimate of drug-likeness (QED) is 0.138. The molecule has 13 aromatic carbocycles. The first-order valence-corrected chi connectivity index (χ1v) is 23.8. The minimum Gasteiger partial charge on any atom is -0.310 e. The van der Waals surface area contributed by atoms with Gasteiger partial charge in [-0.25, -0.2) is 0 Å². The Kier molecular flexibility index (Phi) is 9.91. The summed E-state index contributed by atoms with van der Waals surface area (Å²) in [5.41, 5.74) is 15.3. The molecule has 0 aliphatic carbocycles. The van der Waals surface area contributed by atoms with Crippen LogP contribution in [0.2, 0.25) is 0 Å². The Morgan fingerprint density at radius 3 is 1.20 bits per heavy atom. The maximum Gasteiger partial charge on any atom is 0.0468 e. The molecule has 0 amide bonds. The van der Waals surface area contributed by atoms with Crippen LogP contribution in [0, 0.1) is 0 Å². The highest BCUT2D eigenvalue weighted by molar-refractivity contribution is 6.33. The smallest absolute Gasteiger partial charge is 0.0468 e. The third-order valence-electron chi connectivity index (χ3n) is 14.0. The van der Waals surface area contributed by atoms with Gasteiger partial charge in [-0.15, -0.1) is 0 Å². The Labute approximate surface area is 402 Å². The van der Waals surface area contributed by atoms with Crippen molar-refractivity contribution in [3.63, 3.8) is 0 Å². The van der Waals surface area contributed by atoms with Gasteiger partial charge in [-0.05, 0) is 152 Å². The molecule has 322 valence electrons. The van der Waals surface area contributed by atoms with Crippen LogP contribution in [0.25, 0.3) is 109 Å². The molecule has 0 saturated carbocycles. The third kappa shape index (κ3) is 7.03. The number of fused-ring (bicyclic) bond motifs is 8. The molecule has 0 saturated heterocycles. The summed E-state index contributed by atoms with van der Waals surface area (Å²) in [7, 11) is 0. The van der Waals surface area contributed by atoms with Crippen molar-refractivity contribution in [3.8, 4) is 55.6 Å². The molecule has 13 rings (SSSR count). The van der Waals surface area contributed by atoms with E-state index in [1.807, 2.05) is 0 Å². The summed E-state index contributed by atoms with van der Waals surface area (Å²) in [6.45, 7) is 0. The molecule has 0 heterocycles. The second-order valence-corrected chi connectivity index (χ2v) is 18.0. The van der Waals surface area contributed by atoms with Crippen molar-refractivity contribution in [1.29, 1.82) is 0 Å². The van der Waals surface area contributed by atoms with Gasteiger partial charge in [0.25, 0.3) is 0 Å². The lowest BCUT2D eigenvalue weighted by molar-refractivity contribution is 1.29. The number of benzene rings is 13. The SMILES string of the molecule is c1ccc(-c2cc(-c3ccccc3)c3c4ccccc4c4cc(N(c5cccc(-c6cccc7ccccc67)c5)c5cccc(-c6cccc7ccccc67)c5)ccc4c3c2-c2ccccc2)cc1. The monoisotopic (exact) mass is 875 g/mol. The summed E-state index contributed by atoms with van der Waals surface area (Å²) in [5.74, 6) is 0. The van der Waals surface area contributed by atoms with E-state index in [9.17, 15) is 0 Å². The van der Waals surface area contributed by atoms with E-state index in [0.717, 1.165) is 17.1 Å². The number of hydrogen-bond acceptors (Lipinski definition) is 1. The van der Waals surface area contributed by atoms with Gasteiger partial charge in [0.05, 0.1) is 0 Å². The summed E-state index contributed by atoms with van der Waals surface area (Å²) in [6.07, 6.45) is 0. The van der Waals surface area contributed by atoms with Crippen LogP contribution in [0.3, 0.4) is 0 Å². The second kappa shape index (κ2) is 17.0. The molecule has 69 heavy (non-hydrogen) atoms. The number of rotatable bonds is 8. The van der Waals surface area contributed by atoms with Crippen LogP contribution in [-0.4, -0.2) is 0 Å². The molecule has 1 nitrogen and oxygen atoms in total. The second-order valence-electron chi connectivity index (χ2n) is 18.0. The van der Waals surface area contributed by atoms with Gasteiger partial charge in [-0.3, -0.25) is 0 Å². The molecule has 0 radical (unpaired) electrons. The molecule has 0 atom stereocenters. The maximum absolute atomic E-state index is 2.45. The fraction of sp³-hybridized carbons (Fsp3) is 0. The Morgan fingerprint density at radius 1 is 0.203 bits per heavy atom. The summed E-state index contributed by atoms with van der Waals surface area (Å²) in [5, 5.41) is 12.3. The fourth-order valence-electron chi connectivity index (χ4n) is 10.9. The predicted molar refractivity (Wildman–Crippen MR) is 296 cm³/mol. The Bertz CT molecular complexity index is 3930. The van der Waals surface area contributed by atoms with Crippen molar-refractivity contribution in [2.45, 2.75) is 0 Å². The van der Waals surface area contributed by atoms with Crippen molar-refractivity contribution in [2.24, 2.45) is 0 Å². The summed E-state index contributed by atoms with van der Waals surface area (Å²) >= 11 is 0. The van der Waals surface area contributed by atoms with E-state index in [1.54, 1.807) is 0 Å². The van der Waals surface area contributed by atoms with Crippen LogP contribution in [-0.2, 0) is 0 Å². The summed E-state index contributed by atoms with van der Waals surface area (Å²) in [4.78, 5) is 2.45. The molecule has 0 aromatic heterocycles. The molecule has 13 aromatic rings. The Hall–Kier alpha value is -9.04. The lowest BCUT2D eigenvalue weighted by atomic mass is 9.81. The molecule has 0 bridgehead atoms. The van der Waals surface area contributed by atoms with Crippen molar-refractivity contribution in [2.75, 3.05) is 4.90 Å². The highest BCUT2D eigenvalue weighted by atomic mass is 15.1. The number of nitrogens with zero attached hydrogens (tertiary/aromatic N) is 1. The predicted octanol–water partition coefficient (Wildman–Crippen LogP) is 19.3. The average Bonchev–Trinajstić information content (AvgIpc) is 3.43.